The van der Waals surface area contributed by atoms with Crippen molar-refractivity contribution >= 4 is 19.8 Å². The van der Waals surface area contributed by atoms with Crippen LogP contribution < -0.4 is 5.73 Å². The fourth-order valence-corrected chi connectivity index (χ4v) is 7.34. The molecule has 3 atom stereocenters. The molecule has 0 aromatic rings. The van der Waals surface area contributed by atoms with Gasteiger partial charge in [-0.3, -0.25) is 18.6 Å². The second-order valence-corrected chi connectivity index (χ2v) is 17.3. The van der Waals surface area contributed by atoms with E-state index in [1.165, 1.54) is 122 Å². The molecule has 0 aliphatic carbocycles. The highest BCUT2D eigenvalue weighted by atomic mass is 31.2. The summed E-state index contributed by atoms with van der Waals surface area (Å²) in [5, 5.41) is 8.91. The largest absolute Gasteiger partial charge is 0.480 e. The molecule has 3 unspecified atom stereocenters. The number of allylic oxidation sites excluding steroid dienone is 6. The number of carbonyl (C=O) groups is 2. The molecule has 0 saturated carbocycles. The number of phosphoric ester groups is 1. The molecular formula is C47H88NO9P. The maximum atomic E-state index is 12.7. The van der Waals surface area contributed by atoms with E-state index in [0.29, 0.717) is 13.0 Å². The summed E-state index contributed by atoms with van der Waals surface area (Å²) in [6.07, 6.45) is 49.1. The highest BCUT2D eigenvalue weighted by molar-refractivity contribution is 7.47. The molecule has 0 heterocycles. The third kappa shape index (κ3) is 42.3. The van der Waals surface area contributed by atoms with Crippen molar-refractivity contribution in [2.24, 2.45) is 5.73 Å². The van der Waals surface area contributed by atoms with E-state index in [-0.39, 0.29) is 13.0 Å². The number of carboxylic acid groups (broad SMARTS) is 1. The summed E-state index contributed by atoms with van der Waals surface area (Å²) in [4.78, 5) is 33.6. The summed E-state index contributed by atoms with van der Waals surface area (Å²) >= 11 is 0. The average Bonchev–Trinajstić information content (AvgIpc) is 3.20. The number of unbranched alkanes of at least 4 members (excludes halogenated alkanes) is 25. The van der Waals surface area contributed by atoms with E-state index in [1.54, 1.807) is 0 Å². The van der Waals surface area contributed by atoms with E-state index < -0.39 is 45.1 Å². The molecule has 11 heteroatoms. The Hall–Kier alpha value is -1.81. The molecule has 58 heavy (non-hydrogen) atoms. The summed E-state index contributed by atoms with van der Waals surface area (Å²) in [5.74, 6) is -1.78. The minimum Gasteiger partial charge on any atom is -0.480 e. The Morgan fingerprint density at radius 3 is 1.50 bits per heavy atom. The van der Waals surface area contributed by atoms with Crippen LogP contribution in [0.3, 0.4) is 0 Å². The Morgan fingerprint density at radius 1 is 0.569 bits per heavy atom. The number of ether oxygens (including phenoxy) is 2. The van der Waals surface area contributed by atoms with Crippen molar-refractivity contribution in [3.63, 3.8) is 0 Å². The molecule has 340 valence electrons. The van der Waals surface area contributed by atoms with Crippen LogP contribution in [0.25, 0.3) is 0 Å². The van der Waals surface area contributed by atoms with Gasteiger partial charge in [-0.25, -0.2) is 4.57 Å². The van der Waals surface area contributed by atoms with E-state index in [2.05, 4.69) is 50.3 Å². The summed E-state index contributed by atoms with van der Waals surface area (Å²) < 4.78 is 33.4. The van der Waals surface area contributed by atoms with E-state index in [4.69, 9.17) is 29.4 Å². The molecule has 0 aromatic carbocycles. The molecule has 0 aliphatic rings. The molecule has 0 radical (unpaired) electrons. The van der Waals surface area contributed by atoms with Gasteiger partial charge in [0.1, 0.15) is 12.1 Å². The minimum atomic E-state index is -4.62. The first-order valence-corrected chi connectivity index (χ1v) is 25.0. The molecule has 10 nitrogen and oxygen atoms in total. The number of esters is 1. The lowest BCUT2D eigenvalue weighted by Crippen LogP contribution is -2.34. The van der Waals surface area contributed by atoms with Crippen molar-refractivity contribution in [3.05, 3.63) is 36.5 Å². The molecule has 0 aliphatic heterocycles. The highest BCUT2D eigenvalue weighted by Gasteiger charge is 2.27. The average molecular weight is 842 g/mol. The smallest absolute Gasteiger partial charge is 0.472 e. The summed E-state index contributed by atoms with van der Waals surface area (Å²) in [6, 6.07) is -1.47. The second-order valence-electron chi connectivity index (χ2n) is 15.9. The zero-order valence-electron chi connectivity index (χ0n) is 37.1. The van der Waals surface area contributed by atoms with Gasteiger partial charge >= 0.3 is 19.8 Å². The first-order chi connectivity index (χ1) is 28.2. The van der Waals surface area contributed by atoms with Gasteiger partial charge in [0.25, 0.3) is 0 Å². The number of hydrogen-bond acceptors (Lipinski definition) is 8. The predicted octanol–water partition coefficient (Wildman–Crippen LogP) is 13.3. The van der Waals surface area contributed by atoms with E-state index >= 15 is 0 Å². The fourth-order valence-electron chi connectivity index (χ4n) is 6.56. The van der Waals surface area contributed by atoms with Crippen LogP contribution in [0.4, 0.5) is 0 Å². The molecule has 0 saturated heterocycles. The van der Waals surface area contributed by atoms with Gasteiger partial charge in [-0.15, -0.1) is 0 Å². The van der Waals surface area contributed by atoms with E-state index in [0.717, 1.165) is 64.2 Å². The summed E-state index contributed by atoms with van der Waals surface area (Å²) in [7, 11) is -4.62. The number of hydrogen-bond donors (Lipinski definition) is 3. The van der Waals surface area contributed by atoms with Crippen LogP contribution in [0.1, 0.15) is 213 Å². The third-order valence-corrected chi connectivity index (χ3v) is 11.1. The van der Waals surface area contributed by atoms with Crippen LogP contribution >= 0.6 is 7.82 Å². The zero-order valence-corrected chi connectivity index (χ0v) is 38.0. The highest BCUT2D eigenvalue weighted by Crippen LogP contribution is 2.43. The monoisotopic (exact) mass is 842 g/mol. The van der Waals surface area contributed by atoms with Crippen LogP contribution in [0.15, 0.2) is 36.5 Å². The molecular weight excluding hydrogens is 753 g/mol. The van der Waals surface area contributed by atoms with Crippen molar-refractivity contribution in [1.29, 1.82) is 0 Å². The quantitative estimate of drug-likeness (QED) is 0.0233. The third-order valence-electron chi connectivity index (χ3n) is 10.2. The Kier molecular flexibility index (Phi) is 41.9. The van der Waals surface area contributed by atoms with E-state index in [9.17, 15) is 19.0 Å². The standard InChI is InChI=1S/C47H88NO9P/c1-3-5-7-9-11-13-15-17-19-21-22-24-26-28-30-32-34-36-38-40-54-41-44(42-55-58(52,53)56-43-45(48)47(50)51)57-46(49)39-37-35-33-31-29-27-25-23-20-18-16-14-12-10-8-6-4-2/h6,8,12,14,18,20,44-45H,3-5,7,9-11,13,15-17,19,21-43,48H2,1-2H3,(H,50,51)(H,52,53)/b8-6-,14-12-,20-18-. The Labute approximate surface area is 355 Å². The molecule has 0 amide bonds. The Balaban J connectivity index is 4.17. The second kappa shape index (κ2) is 43.3. The first-order valence-electron chi connectivity index (χ1n) is 23.5. The van der Waals surface area contributed by atoms with Gasteiger partial charge in [-0.05, 0) is 44.9 Å². The first kappa shape index (κ1) is 56.2. The maximum Gasteiger partial charge on any atom is 0.472 e. The SMILES string of the molecule is CC/C=C\C/C=C\C/C=C\CCCCCCCCCC(=O)OC(COCCCCCCCCCCCCCCCCCCCCC)COP(=O)(O)OCC(N)C(=O)O. The van der Waals surface area contributed by atoms with Gasteiger partial charge in [-0.1, -0.05) is 198 Å². The van der Waals surface area contributed by atoms with Crippen molar-refractivity contribution in [3.8, 4) is 0 Å². The van der Waals surface area contributed by atoms with E-state index in [1.807, 2.05) is 0 Å². The number of rotatable bonds is 45. The number of phosphoric acid groups is 1. The summed E-state index contributed by atoms with van der Waals surface area (Å²) in [6.45, 7) is 3.79. The lowest BCUT2D eigenvalue weighted by atomic mass is 10.0. The minimum absolute atomic E-state index is 0.0158. The molecule has 0 bridgehead atoms. The molecule has 0 spiro atoms. The van der Waals surface area contributed by atoms with Crippen LogP contribution in [0.5, 0.6) is 0 Å². The van der Waals surface area contributed by atoms with Crippen LogP contribution in [-0.4, -0.2) is 60.5 Å². The maximum absolute atomic E-state index is 12.7. The van der Waals surface area contributed by atoms with Crippen LogP contribution in [0, 0.1) is 0 Å². The number of carboxylic acids is 1. The van der Waals surface area contributed by atoms with Crippen molar-refractivity contribution in [1.82, 2.24) is 0 Å². The molecule has 0 aromatic heterocycles. The molecule has 4 N–H and O–H groups in total. The number of nitrogens with two attached hydrogens (primary N) is 1. The van der Waals surface area contributed by atoms with Crippen LogP contribution in [0.2, 0.25) is 0 Å². The zero-order chi connectivity index (χ0) is 42.6. The lowest BCUT2D eigenvalue weighted by Gasteiger charge is -2.20. The predicted molar refractivity (Wildman–Crippen MR) is 240 cm³/mol. The van der Waals surface area contributed by atoms with Gasteiger partial charge in [0.2, 0.25) is 0 Å². The van der Waals surface area contributed by atoms with Crippen molar-refractivity contribution in [2.75, 3.05) is 26.4 Å². The van der Waals surface area contributed by atoms with Crippen molar-refractivity contribution < 1.29 is 42.7 Å². The van der Waals surface area contributed by atoms with Gasteiger partial charge in [0.05, 0.1) is 19.8 Å². The molecule has 0 fully saturated rings. The van der Waals surface area contributed by atoms with Crippen molar-refractivity contribution in [2.45, 2.75) is 225 Å². The molecule has 0 rings (SSSR count). The number of aliphatic carboxylic acids is 1. The lowest BCUT2D eigenvalue weighted by molar-refractivity contribution is -0.154. The van der Waals surface area contributed by atoms with Crippen LogP contribution in [-0.2, 0) is 32.7 Å². The van der Waals surface area contributed by atoms with Gasteiger partial charge < -0.3 is 25.2 Å². The topological polar surface area (TPSA) is 155 Å². The van der Waals surface area contributed by atoms with Gasteiger partial charge in [0.15, 0.2) is 0 Å². The normalized spacial score (nSPS) is 14.1. The van der Waals surface area contributed by atoms with Gasteiger partial charge in [0, 0.05) is 13.0 Å². The Morgan fingerprint density at radius 2 is 1.00 bits per heavy atom. The Bertz CT molecular complexity index is 1070. The number of carbonyl (C=O) groups excluding carboxylic acids is 1. The fraction of sp³-hybridized carbons (Fsp3) is 0.830. The van der Waals surface area contributed by atoms with Gasteiger partial charge in [-0.2, -0.15) is 0 Å². The summed E-state index contributed by atoms with van der Waals surface area (Å²) in [5.41, 5.74) is 5.36.